The molecule has 1 aliphatic heterocycles. The summed E-state index contributed by atoms with van der Waals surface area (Å²) in [6.45, 7) is 4.96. The number of aryl methyl sites for hydroxylation is 1. The molecule has 0 unspecified atom stereocenters. The Morgan fingerprint density at radius 3 is 2.67 bits per heavy atom. The Hall–Kier alpha value is -0.360. The van der Waals surface area contributed by atoms with Crippen molar-refractivity contribution in [2.24, 2.45) is 5.92 Å². The van der Waals surface area contributed by atoms with Crippen LogP contribution in [0.1, 0.15) is 40.9 Å². The summed E-state index contributed by atoms with van der Waals surface area (Å²) in [5, 5.41) is 4.30. The Kier molecular flexibility index (Phi) is 10.2. The monoisotopic (exact) mass is 353 g/mol. The zero-order valence-electron chi connectivity index (χ0n) is 12.6. The third-order valence-corrected chi connectivity index (χ3v) is 4.67. The lowest BCUT2D eigenvalue weighted by atomic mass is 9.97. The van der Waals surface area contributed by atoms with Gasteiger partial charge in [-0.1, -0.05) is 6.92 Å². The lowest BCUT2D eigenvalue weighted by Crippen LogP contribution is -2.40. The van der Waals surface area contributed by atoms with Gasteiger partial charge in [-0.2, -0.15) is 0 Å². The van der Waals surface area contributed by atoms with Gasteiger partial charge >= 0.3 is 0 Å². The van der Waals surface area contributed by atoms with Crippen LogP contribution in [0.3, 0.4) is 0 Å². The van der Waals surface area contributed by atoms with Gasteiger partial charge in [0.25, 0.3) is 5.91 Å². The molecule has 122 valence electrons. The van der Waals surface area contributed by atoms with Crippen molar-refractivity contribution < 1.29 is 4.79 Å². The van der Waals surface area contributed by atoms with Gasteiger partial charge in [-0.3, -0.25) is 4.79 Å². The number of aromatic nitrogens is 1. The Morgan fingerprint density at radius 2 is 2.10 bits per heavy atom. The average molecular weight is 354 g/mol. The zero-order chi connectivity index (χ0) is 13.7. The molecule has 0 bridgehead atoms. The summed E-state index contributed by atoms with van der Waals surface area (Å²) in [5.74, 6) is 0.883. The van der Waals surface area contributed by atoms with Crippen LogP contribution >= 0.6 is 36.2 Å². The fourth-order valence-corrected chi connectivity index (χ4v) is 3.51. The van der Waals surface area contributed by atoms with Gasteiger partial charge in [-0.15, -0.1) is 36.2 Å². The Labute approximate surface area is 143 Å². The minimum atomic E-state index is 0. The van der Waals surface area contributed by atoms with Crippen LogP contribution in [0.2, 0.25) is 0 Å². The van der Waals surface area contributed by atoms with E-state index in [0.29, 0.717) is 5.92 Å². The highest BCUT2D eigenvalue weighted by Gasteiger charge is 2.24. The number of halogens is 2. The largest absolute Gasteiger partial charge is 0.338 e. The number of hydrogen-bond acceptors (Lipinski definition) is 4. The number of thiazole rings is 1. The molecule has 4 nitrogen and oxygen atoms in total. The quantitative estimate of drug-likeness (QED) is 0.884. The summed E-state index contributed by atoms with van der Waals surface area (Å²) in [4.78, 5) is 19.5. The van der Waals surface area contributed by atoms with E-state index in [0.717, 1.165) is 55.2 Å². The highest BCUT2D eigenvalue weighted by atomic mass is 35.5. The molecule has 1 fully saturated rings. The van der Waals surface area contributed by atoms with Crippen molar-refractivity contribution in [1.29, 1.82) is 0 Å². The SMILES string of the molecule is CCCc1ncc(C(=O)N2CCC(CNC)CC2)s1.Cl.Cl. The summed E-state index contributed by atoms with van der Waals surface area (Å²) in [6.07, 6.45) is 6.01. The predicted octanol–water partition coefficient (Wildman–Crippen LogP) is 3.01. The van der Waals surface area contributed by atoms with Gasteiger partial charge in [-0.05, 0) is 45.2 Å². The third kappa shape index (κ3) is 5.74. The molecule has 1 saturated heterocycles. The second-order valence-electron chi connectivity index (χ2n) is 5.16. The van der Waals surface area contributed by atoms with Gasteiger partial charge in [0.2, 0.25) is 0 Å². The predicted molar refractivity (Wildman–Crippen MR) is 93.2 cm³/mol. The zero-order valence-corrected chi connectivity index (χ0v) is 15.1. The number of amides is 1. The summed E-state index contributed by atoms with van der Waals surface area (Å²) in [7, 11) is 1.99. The number of nitrogens with one attached hydrogen (secondary N) is 1. The van der Waals surface area contributed by atoms with E-state index in [1.165, 1.54) is 0 Å². The van der Waals surface area contributed by atoms with Crippen molar-refractivity contribution >= 4 is 42.1 Å². The first kappa shape index (κ1) is 20.6. The van der Waals surface area contributed by atoms with E-state index in [9.17, 15) is 4.79 Å². The number of likely N-dealkylation sites (tertiary alicyclic amines) is 1. The molecule has 7 heteroatoms. The Bertz CT molecular complexity index is 420. The molecule has 1 aliphatic rings. The molecule has 1 aromatic heterocycles. The van der Waals surface area contributed by atoms with Crippen molar-refractivity contribution in [2.75, 3.05) is 26.7 Å². The maximum atomic E-state index is 12.4. The maximum absolute atomic E-state index is 12.4. The second-order valence-corrected chi connectivity index (χ2v) is 6.28. The van der Waals surface area contributed by atoms with E-state index in [1.54, 1.807) is 17.5 Å². The minimum absolute atomic E-state index is 0. The molecule has 0 aromatic carbocycles. The highest BCUT2D eigenvalue weighted by molar-refractivity contribution is 7.13. The molecule has 21 heavy (non-hydrogen) atoms. The van der Waals surface area contributed by atoms with Crippen LogP contribution in [0, 0.1) is 5.92 Å². The molecule has 0 radical (unpaired) electrons. The number of hydrogen-bond donors (Lipinski definition) is 1. The first-order chi connectivity index (χ1) is 9.24. The fraction of sp³-hybridized carbons (Fsp3) is 0.714. The summed E-state index contributed by atoms with van der Waals surface area (Å²) in [6, 6.07) is 0. The number of rotatable bonds is 5. The van der Waals surface area contributed by atoms with Crippen LogP contribution in [-0.2, 0) is 6.42 Å². The first-order valence-electron chi connectivity index (χ1n) is 7.13. The van der Waals surface area contributed by atoms with Crippen molar-refractivity contribution in [3.8, 4) is 0 Å². The molecule has 0 saturated carbocycles. The van der Waals surface area contributed by atoms with Crippen LogP contribution in [0.4, 0.5) is 0 Å². The molecule has 0 aliphatic carbocycles. The third-order valence-electron chi connectivity index (χ3n) is 3.62. The number of carbonyl (C=O) groups is 1. The van der Waals surface area contributed by atoms with E-state index in [2.05, 4.69) is 17.2 Å². The van der Waals surface area contributed by atoms with Gasteiger partial charge < -0.3 is 10.2 Å². The van der Waals surface area contributed by atoms with Crippen LogP contribution in [0.5, 0.6) is 0 Å². The van der Waals surface area contributed by atoms with Crippen molar-refractivity contribution in [3.63, 3.8) is 0 Å². The van der Waals surface area contributed by atoms with Crippen LogP contribution in [0.25, 0.3) is 0 Å². The van der Waals surface area contributed by atoms with Crippen molar-refractivity contribution in [2.45, 2.75) is 32.6 Å². The Morgan fingerprint density at radius 1 is 1.43 bits per heavy atom. The average Bonchev–Trinajstić information content (AvgIpc) is 2.88. The molecular weight excluding hydrogens is 329 g/mol. The smallest absolute Gasteiger partial charge is 0.265 e. The van der Waals surface area contributed by atoms with E-state index in [-0.39, 0.29) is 30.7 Å². The normalized spacial score (nSPS) is 15.2. The van der Waals surface area contributed by atoms with Crippen molar-refractivity contribution in [1.82, 2.24) is 15.2 Å². The standard InChI is InChI=1S/C14H23N3OS.2ClH/c1-3-4-13-16-10-12(19-13)14(18)17-7-5-11(6-8-17)9-15-2;;/h10-11,15H,3-9H2,1-2H3;2*1H. The van der Waals surface area contributed by atoms with E-state index < -0.39 is 0 Å². The Balaban J connectivity index is 0.00000200. The molecule has 2 heterocycles. The van der Waals surface area contributed by atoms with Gasteiger partial charge in [0.05, 0.1) is 11.2 Å². The van der Waals surface area contributed by atoms with Gasteiger partial charge in [0.15, 0.2) is 0 Å². The van der Waals surface area contributed by atoms with Crippen LogP contribution in [0.15, 0.2) is 6.20 Å². The van der Waals surface area contributed by atoms with Crippen molar-refractivity contribution in [3.05, 3.63) is 16.1 Å². The number of nitrogens with zero attached hydrogens (tertiary/aromatic N) is 2. The molecule has 1 aromatic rings. The van der Waals surface area contributed by atoms with Gasteiger partial charge in [0, 0.05) is 13.1 Å². The van der Waals surface area contributed by atoms with Crippen LogP contribution in [-0.4, -0.2) is 42.5 Å². The molecule has 0 spiro atoms. The highest BCUT2D eigenvalue weighted by Crippen LogP contribution is 2.21. The fourth-order valence-electron chi connectivity index (χ4n) is 2.52. The molecule has 1 N–H and O–H groups in total. The summed E-state index contributed by atoms with van der Waals surface area (Å²) >= 11 is 1.56. The van der Waals surface area contributed by atoms with Gasteiger partial charge in [0.1, 0.15) is 4.88 Å². The van der Waals surface area contributed by atoms with Gasteiger partial charge in [-0.25, -0.2) is 4.98 Å². The number of carbonyl (C=O) groups excluding carboxylic acids is 1. The first-order valence-corrected chi connectivity index (χ1v) is 7.94. The van der Waals surface area contributed by atoms with Crippen LogP contribution < -0.4 is 5.32 Å². The molecule has 1 amide bonds. The van der Waals surface area contributed by atoms with E-state index >= 15 is 0 Å². The number of piperidine rings is 1. The summed E-state index contributed by atoms with van der Waals surface area (Å²) in [5.41, 5.74) is 0. The lowest BCUT2D eigenvalue weighted by molar-refractivity contribution is 0.0695. The lowest BCUT2D eigenvalue weighted by Gasteiger charge is -2.31. The second kappa shape index (κ2) is 10.4. The van der Waals surface area contributed by atoms with E-state index in [1.807, 2.05) is 11.9 Å². The molecular formula is C14H25Cl2N3OS. The van der Waals surface area contributed by atoms with E-state index in [4.69, 9.17) is 0 Å². The molecule has 0 atom stereocenters. The minimum Gasteiger partial charge on any atom is -0.338 e. The topological polar surface area (TPSA) is 45.2 Å². The maximum Gasteiger partial charge on any atom is 0.265 e. The molecule has 2 rings (SSSR count). The summed E-state index contributed by atoms with van der Waals surface area (Å²) < 4.78 is 0.